The summed E-state index contributed by atoms with van der Waals surface area (Å²) in [5.74, 6) is 1.74. The summed E-state index contributed by atoms with van der Waals surface area (Å²) in [6.07, 6.45) is 0. The van der Waals surface area contributed by atoms with Gasteiger partial charge in [0.05, 0.1) is 22.3 Å². The van der Waals surface area contributed by atoms with E-state index in [0.717, 1.165) is 66.1 Å². The molecule has 59 heavy (non-hydrogen) atoms. The monoisotopic (exact) mass is 770 g/mol. The Morgan fingerprint density at radius 2 is 1.05 bits per heavy atom. The number of para-hydroxylation sites is 3. The molecule has 274 valence electrons. The van der Waals surface area contributed by atoms with E-state index >= 15 is 0 Å². The minimum Gasteiger partial charge on any atom is -0.455 e. The molecule has 0 amide bonds. The number of hydrogen-bond acceptors (Lipinski definition) is 5. The largest absolute Gasteiger partial charge is 0.455 e. The highest BCUT2D eigenvalue weighted by Gasteiger charge is 2.23. The Balaban J connectivity index is 1.16. The van der Waals surface area contributed by atoms with Crippen LogP contribution in [-0.2, 0) is 0 Å². The van der Waals surface area contributed by atoms with E-state index < -0.39 is 0 Å². The van der Waals surface area contributed by atoms with Gasteiger partial charge in [0, 0.05) is 52.8 Å². The predicted octanol–water partition coefficient (Wildman–Crippen LogP) is 14.5. The summed E-state index contributed by atoms with van der Waals surface area (Å²) in [6.45, 7) is 0. The number of rotatable bonds is 4. The Hall–Kier alpha value is -7.67. The average molecular weight is 771 g/mol. The SMILES string of the molecule is c1ccc2cc(-c3nc(-c4cc5c(cc4-n4c6ccccc6c6cc7ccccc7cc64)sc4ccccc45)nc(-c4cccc5c4oc4ccccc45)n3)ccc2c1. The Morgan fingerprint density at radius 1 is 0.390 bits per heavy atom. The molecule has 4 heterocycles. The molecule has 0 N–H and O–H groups in total. The van der Waals surface area contributed by atoms with E-state index in [1.807, 2.05) is 29.5 Å². The van der Waals surface area contributed by atoms with Crippen LogP contribution >= 0.6 is 11.3 Å². The van der Waals surface area contributed by atoms with Crippen LogP contribution in [0.4, 0.5) is 0 Å². The molecule has 0 aliphatic rings. The van der Waals surface area contributed by atoms with Crippen LogP contribution in [0.5, 0.6) is 0 Å². The Kier molecular flexibility index (Phi) is 6.82. The van der Waals surface area contributed by atoms with Crippen molar-refractivity contribution < 1.29 is 4.42 Å². The number of thiophene rings is 1. The number of hydrogen-bond donors (Lipinski definition) is 0. The van der Waals surface area contributed by atoms with E-state index in [9.17, 15) is 0 Å². The van der Waals surface area contributed by atoms with Gasteiger partial charge in [-0.15, -0.1) is 11.3 Å². The fourth-order valence-electron chi connectivity index (χ4n) is 9.04. The minimum atomic E-state index is 0.553. The van der Waals surface area contributed by atoms with Gasteiger partial charge in [0.15, 0.2) is 17.5 Å². The van der Waals surface area contributed by atoms with Crippen LogP contribution in [0.15, 0.2) is 186 Å². The van der Waals surface area contributed by atoms with Crippen LogP contribution in [0.25, 0.3) is 125 Å². The second-order valence-corrected chi connectivity index (χ2v) is 16.3. The van der Waals surface area contributed by atoms with Gasteiger partial charge in [-0.05, 0) is 76.1 Å². The summed E-state index contributed by atoms with van der Waals surface area (Å²) in [5, 5.41) is 11.5. The molecule has 0 fully saturated rings. The van der Waals surface area contributed by atoms with Gasteiger partial charge in [-0.3, -0.25) is 0 Å². The van der Waals surface area contributed by atoms with Crippen molar-refractivity contribution in [3.8, 4) is 39.9 Å². The highest BCUT2D eigenvalue weighted by molar-refractivity contribution is 7.25. The number of fused-ring (bicyclic) bond motifs is 11. The zero-order valence-corrected chi connectivity index (χ0v) is 32.2. The van der Waals surface area contributed by atoms with E-state index in [4.69, 9.17) is 19.4 Å². The molecule has 5 nitrogen and oxygen atoms in total. The Bertz CT molecular complexity index is 3870. The topological polar surface area (TPSA) is 56.7 Å². The van der Waals surface area contributed by atoms with Crippen molar-refractivity contribution in [3.63, 3.8) is 0 Å². The maximum Gasteiger partial charge on any atom is 0.167 e. The lowest BCUT2D eigenvalue weighted by atomic mass is 10.0. The molecular formula is C53H30N4OS. The summed E-state index contributed by atoms with van der Waals surface area (Å²) in [7, 11) is 0. The molecule has 6 heteroatoms. The van der Waals surface area contributed by atoms with E-state index in [2.05, 4.69) is 168 Å². The summed E-state index contributed by atoms with van der Waals surface area (Å²) < 4.78 is 11.4. The molecule has 0 bridgehead atoms. The van der Waals surface area contributed by atoms with E-state index in [-0.39, 0.29) is 0 Å². The first-order valence-electron chi connectivity index (χ1n) is 19.8. The second kappa shape index (κ2) is 12.4. The first kappa shape index (κ1) is 32.4. The van der Waals surface area contributed by atoms with Gasteiger partial charge in [0.1, 0.15) is 11.2 Å². The standard InChI is InChI=1S/C53H30N4OS/c1-2-13-32-26-35(25-24-31(32)12-1)51-54-52(40-20-11-19-39-37-17-6-9-22-47(37)58-50(39)40)56-53(55-51)43-29-42-38-18-7-10-23-48(38)59-49(42)30-46(43)57-44-21-8-5-16-36(44)41-27-33-14-3-4-15-34(33)28-45(41)57/h1-30H. The predicted molar refractivity (Wildman–Crippen MR) is 246 cm³/mol. The smallest absolute Gasteiger partial charge is 0.167 e. The van der Waals surface area contributed by atoms with Crippen molar-refractivity contribution in [2.75, 3.05) is 0 Å². The van der Waals surface area contributed by atoms with Crippen molar-refractivity contribution in [1.29, 1.82) is 0 Å². The van der Waals surface area contributed by atoms with Crippen LogP contribution in [0.3, 0.4) is 0 Å². The van der Waals surface area contributed by atoms with Gasteiger partial charge >= 0.3 is 0 Å². The number of aromatic nitrogens is 4. The van der Waals surface area contributed by atoms with E-state index in [1.165, 1.54) is 41.7 Å². The lowest BCUT2D eigenvalue weighted by molar-refractivity contribution is 0.669. The zero-order chi connectivity index (χ0) is 38.6. The van der Waals surface area contributed by atoms with Crippen molar-refractivity contribution in [3.05, 3.63) is 182 Å². The zero-order valence-electron chi connectivity index (χ0n) is 31.4. The summed E-state index contributed by atoms with van der Waals surface area (Å²) in [5.41, 5.74) is 7.49. The molecule has 0 saturated carbocycles. The molecule has 0 saturated heterocycles. The van der Waals surface area contributed by atoms with E-state index in [0.29, 0.717) is 17.5 Å². The molecule has 4 aromatic heterocycles. The van der Waals surface area contributed by atoms with Gasteiger partial charge in [0.25, 0.3) is 0 Å². The lowest BCUT2D eigenvalue weighted by Gasteiger charge is -2.16. The molecule has 13 rings (SSSR count). The van der Waals surface area contributed by atoms with Crippen LogP contribution in [-0.4, -0.2) is 19.5 Å². The fourth-order valence-corrected chi connectivity index (χ4v) is 10.2. The first-order chi connectivity index (χ1) is 29.2. The lowest BCUT2D eigenvalue weighted by Crippen LogP contribution is -2.04. The Morgan fingerprint density at radius 3 is 1.92 bits per heavy atom. The maximum absolute atomic E-state index is 6.59. The quantitative estimate of drug-likeness (QED) is 0.179. The molecule has 0 radical (unpaired) electrons. The molecule has 13 aromatic rings. The van der Waals surface area contributed by atoms with Crippen molar-refractivity contribution in [2.45, 2.75) is 0 Å². The number of furan rings is 1. The van der Waals surface area contributed by atoms with Crippen molar-refractivity contribution in [2.24, 2.45) is 0 Å². The van der Waals surface area contributed by atoms with Crippen LogP contribution in [0.2, 0.25) is 0 Å². The molecule has 0 atom stereocenters. The highest BCUT2D eigenvalue weighted by atomic mass is 32.1. The Labute approximate surface area is 341 Å². The molecule has 0 spiro atoms. The highest BCUT2D eigenvalue weighted by Crippen LogP contribution is 2.44. The second-order valence-electron chi connectivity index (χ2n) is 15.2. The summed E-state index contributed by atoms with van der Waals surface area (Å²) in [4.78, 5) is 16.1. The number of benzene rings is 9. The van der Waals surface area contributed by atoms with E-state index in [1.54, 1.807) is 0 Å². The normalized spacial score (nSPS) is 12.1. The molecule has 9 aromatic carbocycles. The van der Waals surface area contributed by atoms with Gasteiger partial charge in [-0.25, -0.2) is 15.0 Å². The van der Waals surface area contributed by atoms with Gasteiger partial charge in [-0.1, -0.05) is 127 Å². The minimum absolute atomic E-state index is 0.553. The summed E-state index contributed by atoms with van der Waals surface area (Å²) in [6, 6.07) is 64.5. The molecule has 0 unspecified atom stereocenters. The molecule has 0 aliphatic heterocycles. The van der Waals surface area contributed by atoms with Gasteiger partial charge < -0.3 is 8.98 Å². The third-order valence-corrected chi connectivity index (χ3v) is 12.9. The number of nitrogens with zero attached hydrogens (tertiary/aromatic N) is 4. The maximum atomic E-state index is 6.59. The van der Waals surface area contributed by atoms with Crippen LogP contribution < -0.4 is 0 Å². The summed E-state index contributed by atoms with van der Waals surface area (Å²) >= 11 is 1.82. The third kappa shape index (κ3) is 4.94. The van der Waals surface area contributed by atoms with Gasteiger partial charge in [0.2, 0.25) is 0 Å². The van der Waals surface area contributed by atoms with Crippen LogP contribution in [0, 0.1) is 0 Å². The molecule has 0 aliphatic carbocycles. The average Bonchev–Trinajstić information content (AvgIpc) is 3.96. The fraction of sp³-hybridized carbons (Fsp3) is 0. The molecular weight excluding hydrogens is 741 g/mol. The van der Waals surface area contributed by atoms with Crippen molar-refractivity contribution >= 4 is 96.8 Å². The third-order valence-electron chi connectivity index (χ3n) is 11.8. The van der Waals surface area contributed by atoms with Gasteiger partial charge in [-0.2, -0.15) is 0 Å². The van der Waals surface area contributed by atoms with Crippen LogP contribution in [0.1, 0.15) is 0 Å². The first-order valence-corrected chi connectivity index (χ1v) is 20.6. The van der Waals surface area contributed by atoms with Crippen molar-refractivity contribution in [1.82, 2.24) is 19.5 Å².